The van der Waals surface area contributed by atoms with Crippen molar-refractivity contribution in [2.45, 2.75) is 23.8 Å². The summed E-state index contributed by atoms with van der Waals surface area (Å²) in [5.41, 5.74) is 0. The zero-order chi connectivity index (χ0) is 19.6. The van der Waals surface area contributed by atoms with Crippen LogP contribution in [0.4, 0.5) is 0 Å². The Bertz CT molecular complexity index is 958. The van der Waals surface area contributed by atoms with E-state index in [1.807, 2.05) is 0 Å². The number of Topliss-reactive ketones (excluding diaryl/α,β-unsaturated/α-hetero) is 1. The van der Waals surface area contributed by atoms with Gasteiger partial charge in [-0.3, -0.25) is 9.59 Å². The molecule has 1 aliphatic heterocycles. The monoisotopic (exact) mass is 491 g/mol. The number of ketones is 1. The normalized spacial score (nSPS) is 17.8. The van der Waals surface area contributed by atoms with Crippen LogP contribution in [0.3, 0.4) is 0 Å². The van der Waals surface area contributed by atoms with Crippen molar-refractivity contribution in [2.24, 2.45) is 0 Å². The Morgan fingerprint density at radius 2 is 1.93 bits per heavy atom. The summed E-state index contributed by atoms with van der Waals surface area (Å²) in [5, 5.41) is 0.421. The minimum atomic E-state index is -3.85. The summed E-state index contributed by atoms with van der Waals surface area (Å²) in [6.07, 6.45) is 0.892. The molecule has 1 atom stereocenters. The fourth-order valence-electron chi connectivity index (χ4n) is 2.77. The first kappa shape index (κ1) is 20.5. The van der Waals surface area contributed by atoms with Crippen LogP contribution in [-0.2, 0) is 19.6 Å². The molecule has 0 unspecified atom stereocenters. The Morgan fingerprint density at radius 1 is 1.22 bits per heavy atom. The molecule has 27 heavy (non-hydrogen) atoms. The Labute approximate surface area is 174 Å². The molecule has 1 fully saturated rings. The number of esters is 1. The molecule has 1 aromatic carbocycles. The number of hydrogen-bond donors (Lipinski definition) is 0. The lowest BCUT2D eigenvalue weighted by atomic mass is 10.2. The van der Waals surface area contributed by atoms with Crippen molar-refractivity contribution in [3.8, 4) is 0 Å². The van der Waals surface area contributed by atoms with Gasteiger partial charge in [0.25, 0.3) is 0 Å². The maximum absolute atomic E-state index is 12.8. The number of hydrogen-bond acceptors (Lipinski definition) is 6. The van der Waals surface area contributed by atoms with Gasteiger partial charge in [0.15, 0.2) is 6.61 Å². The Morgan fingerprint density at radius 3 is 2.56 bits per heavy atom. The van der Waals surface area contributed by atoms with Crippen LogP contribution >= 0.6 is 38.9 Å². The van der Waals surface area contributed by atoms with Crippen molar-refractivity contribution >= 4 is 60.6 Å². The summed E-state index contributed by atoms with van der Waals surface area (Å²) in [6.45, 7) is -0.201. The van der Waals surface area contributed by atoms with Crippen molar-refractivity contribution < 1.29 is 22.7 Å². The van der Waals surface area contributed by atoms with E-state index in [0.29, 0.717) is 22.7 Å². The third-order valence-electron chi connectivity index (χ3n) is 4.09. The first-order valence-corrected chi connectivity index (χ1v) is 11.4. The highest BCUT2D eigenvalue weighted by Crippen LogP contribution is 2.28. The maximum atomic E-state index is 12.8. The molecule has 3 rings (SSSR count). The zero-order valence-electron chi connectivity index (χ0n) is 13.9. The molecular formula is C17H15BrClNO5S2. The van der Waals surface area contributed by atoms with Gasteiger partial charge < -0.3 is 4.74 Å². The lowest BCUT2D eigenvalue weighted by Gasteiger charge is -2.22. The largest absolute Gasteiger partial charge is 0.456 e. The molecule has 2 heterocycles. The number of thiophene rings is 1. The number of sulfonamides is 1. The summed E-state index contributed by atoms with van der Waals surface area (Å²) in [7, 11) is -3.85. The average Bonchev–Trinajstić information content (AvgIpc) is 3.29. The third-order valence-corrected chi connectivity index (χ3v) is 7.93. The first-order chi connectivity index (χ1) is 12.8. The van der Waals surface area contributed by atoms with Crippen LogP contribution in [0.2, 0.25) is 5.02 Å². The fourth-order valence-corrected chi connectivity index (χ4v) is 5.86. The molecule has 0 radical (unpaired) electrons. The number of carbonyl (C=O) groups is 2. The second kappa shape index (κ2) is 8.40. The highest BCUT2D eigenvalue weighted by molar-refractivity contribution is 9.11. The molecular weight excluding hydrogens is 478 g/mol. The van der Waals surface area contributed by atoms with Crippen LogP contribution < -0.4 is 0 Å². The molecule has 0 N–H and O–H groups in total. The van der Waals surface area contributed by atoms with E-state index >= 15 is 0 Å². The molecule has 0 bridgehead atoms. The summed E-state index contributed by atoms with van der Waals surface area (Å²) in [6, 6.07) is 8.20. The summed E-state index contributed by atoms with van der Waals surface area (Å²) < 4.78 is 32.7. The van der Waals surface area contributed by atoms with Crippen LogP contribution in [0.15, 0.2) is 45.1 Å². The van der Waals surface area contributed by atoms with Gasteiger partial charge in [-0.05, 0) is 65.2 Å². The topological polar surface area (TPSA) is 80.8 Å². The summed E-state index contributed by atoms with van der Waals surface area (Å²) in [5.74, 6) is -1.04. The van der Waals surface area contributed by atoms with E-state index in [2.05, 4.69) is 15.9 Å². The number of nitrogens with zero attached hydrogens (tertiary/aromatic N) is 1. The van der Waals surface area contributed by atoms with Gasteiger partial charge >= 0.3 is 5.97 Å². The Balaban J connectivity index is 1.69. The van der Waals surface area contributed by atoms with Gasteiger partial charge in [0, 0.05) is 11.6 Å². The van der Waals surface area contributed by atoms with Crippen LogP contribution in [0.5, 0.6) is 0 Å². The molecule has 10 heteroatoms. The van der Waals surface area contributed by atoms with E-state index in [1.54, 1.807) is 12.1 Å². The molecule has 6 nitrogen and oxygen atoms in total. The van der Waals surface area contributed by atoms with Crippen LogP contribution in [0.25, 0.3) is 0 Å². The predicted molar refractivity (Wildman–Crippen MR) is 106 cm³/mol. The van der Waals surface area contributed by atoms with Crippen molar-refractivity contribution in [3.05, 3.63) is 50.1 Å². The van der Waals surface area contributed by atoms with E-state index in [1.165, 1.54) is 35.6 Å². The zero-order valence-corrected chi connectivity index (χ0v) is 17.9. The van der Waals surface area contributed by atoms with Crippen LogP contribution in [0, 0.1) is 0 Å². The molecule has 144 valence electrons. The molecule has 2 aromatic rings. The number of benzene rings is 1. The van der Waals surface area contributed by atoms with Crippen molar-refractivity contribution in [1.82, 2.24) is 4.31 Å². The lowest BCUT2D eigenvalue weighted by Crippen LogP contribution is -2.41. The van der Waals surface area contributed by atoms with Crippen molar-refractivity contribution in [2.75, 3.05) is 13.2 Å². The van der Waals surface area contributed by atoms with Crippen molar-refractivity contribution in [1.29, 1.82) is 0 Å². The highest BCUT2D eigenvalue weighted by atomic mass is 79.9. The molecule has 1 aliphatic rings. The quantitative estimate of drug-likeness (QED) is 0.453. The molecule has 0 aliphatic carbocycles. The van der Waals surface area contributed by atoms with Gasteiger partial charge in [-0.15, -0.1) is 11.3 Å². The Kier molecular flexibility index (Phi) is 6.37. The average molecular weight is 493 g/mol. The van der Waals surface area contributed by atoms with E-state index in [4.69, 9.17) is 16.3 Å². The lowest BCUT2D eigenvalue weighted by molar-refractivity contribution is -0.146. The number of rotatable bonds is 6. The standard InChI is InChI=1S/C17H15BrClNO5S2/c18-16-8-7-15(26-16)14(21)10-25-17(22)13-2-1-9-20(13)27(23,24)12-5-3-11(19)4-6-12/h3-8,13H,1-2,9-10H2/t13-/m1/s1. The SMILES string of the molecule is O=C(COC(=O)[C@H]1CCCN1S(=O)(=O)c1ccc(Cl)cc1)c1ccc(Br)s1. The molecule has 1 saturated heterocycles. The fraction of sp³-hybridized carbons (Fsp3) is 0.294. The molecule has 0 spiro atoms. The van der Waals surface area contributed by atoms with Gasteiger partial charge in [0.05, 0.1) is 13.6 Å². The highest BCUT2D eigenvalue weighted by Gasteiger charge is 2.40. The van der Waals surface area contributed by atoms with Crippen LogP contribution in [0.1, 0.15) is 22.5 Å². The van der Waals surface area contributed by atoms with Crippen LogP contribution in [-0.4, -0.2) is 43.7 Å². The molecule has 1 aromatic heterocycles. The smallest absolute Gasteiger partial charge is 0.324 e. The minimum absolute atomic E-state index is 0.0612. The van der Waals surface area contributed by atoms with Crippen molar-refractivity contribution in [3.63, 3.8) is 0 Å². The first-order valence-electron chi connectivity index (χ1n) is 8.01. The molecule has 0 saturated carbocycles. The number of carbonyl (C=O) groups excluding carboxylic acids is 2. The van der Waals surface area contributed by atoms with E-state index in [0.717, 1.165) is 8.09 Å². The number of ether oxygens (including phenoxy) is 1. The van der Waals surface area contributed by atoms with E-state index in [9.17, 15) is 18.0 Å². The summed E-state index contributed by atoms with van der Waals surface area (Å²) >= 11 is 10.3. The Hall–Kier alpha value is -1.26. The summed E-state index contributed by atoms with van der Waals surface area (Å²) in [4.78, 5) is 25.0. The predicted octanol–water partition coefficient (Wildman–Crippen LogP) is 3.74. The third kappa shape index (κ3) is 4.60. The number of halogens is 2. The maximum Gasteiger partial charge on any atom is 0.324 e. The second-order valence-electron chi connectivity index (χ2n) is 5.86. The van der Waals surface area contributed by atoms with Gasteiger partial charge in [0.2, 0.25) is 15.8 Å². The van der Waals surface area contributed by atoms with Gasteiger partial charge in [-0.25, -0.2) is 8.42 Å². The van der Waals surface area contributed by atoms with Gasteiger partial charge in [-0.2, -0.15) is 4.31 Å². The minimum Gasteiger partial charge on any atom is -0.456 e. The van der Waals surface area contributed by atoms with Gasteiger partial charge in [-0.1, -0.05) is 11.6 Å². The van der Waals surface area contributed by atoms with E-state index in [-0.39, 0.29) is 17.2 Å². The second-order valence-corrected chi connectivity index (χ2v) is 10.7. The molecule has 0 amide bonds. The van der Waals surface area contributed by atoms with E-state index < -0.39 is 28.6 Å². The van der Waals surface area contributed by atoms with Gasteiger partial charge in [0.1, 0.15) is 6.04 Å².